The number of carbonyl (C=O) groups excluding carboxylic acids is 1. The maximum atomic E-state index is 12.6. The fraction of sp³-hybridized carbons (Fsp3) is 0.235. The van der Waals surface area contributed by atoms with Gasteiger partial charge in [0.15, 0.2) is 0 Å². The first-order valence-electron chi connectivity index (χ1n) is 6.59. The number of hydrogen-bond acceptors (Lipinski definition) is 1. The molecule has 0 aliphatic heterocycles. The Kier molecular flexibility index (Phi) is 4.61. The van der Waals surface area contributed by atoms with E-state index in [2.05, 4.69) is 15.9 Å². The van der Waals surface area contributed by atoms with Crippen LogP contribution in [0.4, 0.5) is 5.69 Å². The molecule has 2 rings (SSSR count). The highest BCUT2D eigenvalue weighted by atomic mass is 79.9. The first kappa shape index (κ1) is 14.8. The minimum atomic E-state index is -0.160. The van der Waals surface area contributed by atoms with Gasteiger partial charge in [-0.25, -0.2) is 0 Å². The Morgan fingerprint density at radius 3 is 2.30 bits per heavy atom. The van der Waals surface area contributed by atoms with Crippen molar-refractivity contribution in [2.75, 3.05) is 11.9 Å². The van der Waals surface area contributed by atoms with Crippen LogP contribution in [0.1, 0.15) is 24.0 Å². The van der Waals surface area contributed by atoms with Crippen LogP contribution in [0, 0.1) is 6.92 Å². The first-order valence-corrected chi connectivity index (χ1v) is 7.38. The van der Waals surface area contributed by atoms with Crippen molar-refractivity contribution in [2.45, 2.75) is 19.8 Å². The number of likely N-dealkylation sites (N-methyl/N-ethyl adjacent to an activating group) is 1. The van der Waals surface area contributed by atoms with E-state index in [-0.39, 0.29) is 11.8 Å². The molecule has 2 nitrogen and oxygen atoms in total. The summed E-state index contributed by atoms with van der Waals surface area (Å²) < 4.78 is 0.923. The molecule has 3 heteroatoms. The molecule has 0 aliphatic rings. The van der Waals surface area contributed by atoms with Crippen LogP contribution in [0.5, 0.6) is 0 Å². The molecule has 1 unspecified atom stereocenters. The zero-order chi connectivity index (χ0) is 14.7. The van der Waals surface area contributed by atoms with Crippen LogP contribution in [0.3, 0.4) is 0 Å². The Bertz CT molecular complexity index is 607. The summed E-state index contributed by atoms with van der Waals surface area (Å²) in [5, 5.41) is 0. The Morgan fingerprint density at radius 2 is 1.70 bits per heavy atom. The summed E-state index contributed by atoms with van der Waals surface area (Å²) in [5.74, 6) is -0.0755. The van der Waals surface area contributed by atoms with Crippen LogP contribution >= 0.6 is 15.9 Å². The van der Waals surface area contributed by atoms with E-state index in [1.807, 2.05) is 69.4 Å². The Morgan fingerprint density at radius 1 is 1.10 bits per heavy atom. The summed E-state index contributed by atoms with van der Waals surface area (Å²) >= 11 is 3.49. The van der Waals surface area contributed by atoms with E-state index in [4.69, 9.17) is 0 Å². The lowest BCUT2D eigenvalue weighted by Gasteiger charge is -2.23. The van der Waals surface area contributed by atoms with Gasteiger partial charge in [0.2, 0.25) is 5.91 Å². The van der Waals surface area contributed by atoms with Gasteiger partial charge in [0.25, 0.3) is 0 Å². The zero-order valence-electron chi connectivity index (χ0n) is 11.9. The third-order valence-electron chi connectivity index (χ3n) is 3.49. The van der Waals surface area contributed by atoms with Crippen LogP contribution in [0.15, 0.2) is 53.0 Å². The largest absolute Gasteiger partial charge is 0.314 e. The number of aryl methyl sites for hydroxylation is 1. The number of amides is 1. The van der Waals surface area contributed by atoms with Crippen LogP contribution in [0.2, 0.25) is 0 Å². The van der Waals surface area contributed by atoms with Crippen LogP contribution in [0.25, 0.3) is 0 Å². The lowest BCUT2D eigenvalue weighted by molar-refractivity contribution is -0.119. The zero-order valence-corrected chi connectivity index (χ0v) is 13.5. The molecule has 0 saturated carbocycles. The lowest BCUT2D eigenvalue weighted by atomic mass is 9.98. The highest BCUT2D eigenvalue weighted by Gasteiger charge is 2.21. The lowest BCUT2D eigenvalue weighted by Crippen LogP contribution is -2.30. The summed E-state index contributed by atoms with van der Waals surface area (Å²) in [6.07, 6.45) is 0. The van der Waals surface area contributed by atoms with Crippen molar-refractivity contribution in [3.63, 3.8) is 0 Å². The summed E-state index contributed by atoms with van der Waals surface area (Å²) in [7, 11) is 1.81. The van der Waals surface area contributed by atoms with Gasteiger partial charge in [0.1, 0.15) is 0 Å². The van der Waals surface area contributed by atoms with Crippen LogP contribution in [-0.4, -0.2) is 13.0 Å². The molecule has 20 heavy (non-hydrogen) atoms. The molecule has 0 radical (unpaired) electrons. The average Bonchev–Trinajstić information content (AvgIpc) is 2.46. The first-order chi connectivity index (χ1) is 9.50. The highest BCUT2D eigenvalue weighted by Crippen LogP contribution is 2.27. The van der Waals surface area contributed by atoms with Gasteiger partial charge in [-0.15, -0.1) is 0 Å². The minimum absolute atomic E-state index is 0.0840. The molecule has 0 bridgehead atoms. The van der Waals surface area contributed by atoms with Crippen molar-refractivity contribution < 1.29 is 4.79 Å². The second-order valence-corrected chi connectivity index (χ2v) is 5.84. The fourth-order valence-corrected chi connectivity index (χ4v) is 2.68. The molecule has 0 saturated heterocycles. The van der Waals surface area contributed by atoms with E-state index in [1.165, 1.54) is 5.56 Å². The van der Waals surface area contributed by atoms with Crippen molar-refractivity contribution in [1.29, 1.82) is 0 Å². The topological polar surface area (TPSA) is 20.3 Å². The van der Waals surface area contributed by atoms with Gasteiger partial charge in [-0.2, -0.15) is 0 Å². The molecular formula is C17H18BrNO. The van der Waals surface area contributed by atoms with Crippen molar-refractivity contribution in [1.82, 2.24) is 0 Å². The van der Waals surface area contributed by atoms with E-state index < -0.39 is 0 Å². The minimum Gasteiger partial charge on any atom is -0.314 e. The predicted molar refractivity (Wildman–Crippen MR) is 87.1 cm³/mol. The molecule has 1 amide bonds. The van der Waals surface area contributed by atoms with E-state index in [1.54, 1.807) is 4.90 Å². The Labute approximate surface area is 128 Å². The van der Waals surface area contributed by atoms with E-state index >= 15 is 0 Å². The Balaban J connectivity index is 2.22. The number of benzene rings is 2. The quantitative estimate of drug-likeness (QED) is 0.809. The number of carbonyl (C=O) groups is 1. The highest BCUT2D eigenvalue weighted by molar-refractivity contribution is 9.10. The molecule has 104 valence electrons. The molecule has 2 aromatic rings. The van der Waals surface area contributed by atoms with Gasteiger partial charge < -0.3 is 4.90 Å². The van der Waals surface area contributed by atoms with E-state index in [9.17, 15) is 4.79 Å². The Hall–Kier alpha value is -1.61. The number of rotatable bonds is 3. The normalized spacial score (nSPS) is 12.0. The molecule has 0 N–H and O–H groups in total. The van der Waals surface area contributed by atoms with Gasteiger partial charge >= 0.3 is 0 Å². The van der Waals surface area contributed by atoms with Gasteiger partial charge in [-0.3, -0.25) is 4.79 Å². The molecule has 1 atom stereocenters. The summed E-state index contributed by atoms with van der Waals surface area (Å²) in [5.41, 5.74) is 3.13. The standard InChI is InChI=1S/C17H18BrNO/c1-12-8-10-14(11-9-12)13(2)17(20)19(3)16-7-5-4-6-15(16)18/h4-11,13H,1-3H3. The number of anilines is 1. The molecule has 0 aliphatic carbocycles. The SMILES string of the molecule is Cc1ccc(C(C)C(=O)N(C)c2ccccc2Br)cc1. The van der Waals surface area contributed by atoms with E-state index in [0.717, 1.165) is 15.7 Å². The van der Waals surface area contributed by atoms with E-state index in [0.29, 0.717) is 0 Å². The smallest absolute Gasteiger partial charge is 0.234 e. The summed E-state index contributed by atoms with van der Waals surface area (Å²) in [4.78, 5) is 14.3. The van der Waals surface area contributed by atoms with Gasteiger partial charge in [-0.1, -0.05) is 42.0 Å². The van der Waals surface area contributed by atoms with Gasteiger partial charge in [-0.05, 0) is 47.5 Å². The number of hydrogen-bond donors (Lipinski definition) is 0. The third kappa shape index (κ3) is 3.10. The summed E-state index contributed by atoms with van der Waals surface area (Å²) in [6, 6.07) is 15.9. The fourth-order valence-electron chi connectivity index (χ4n) is 2.13. The van der Waals surface area contributed by atoms with Crippen LogP contribution in [-0.2, 0) is 4.79 Å². The predicted octanol–water partition coefficient (Wildman–Crippen LogP) is 4.52. The second-order valence-electron chi connectivity index (χ2n) is 4.98. The van der Waals surface area contributed by atoms with Crippen molar-refractivity contribution in [3.05, 3.63) is 64.1 Å². The molecule has 2 aromatic carbocycles. The third-order valence-corrected chi connectivity index (χ3v) is 4.16. The molecule has 0 spiro atoms. The van der Waals surface area contributed by atoms with Gasteiger partial charge in [0.05, 0.1) is 11.6 Å². The molecule has 0 heterocycles. The van der Waals surface area contributed by atoms with Crippen molar-refractivity contribution in [3.8, 4) is 0 Å². The average molecular weight is 332 g/mol. The summed E-state index contributed by atoms with van der Waals surface area (Å²) in [6.45, 7) is 3.99. The molecule has 0 fully saturated rings. The maximum absolute atomic E-state index is 12.6. The van der Waals surface area contributed by atoms with Gasteiger partial charge in [0, 0.05) is 11.5 Å². The van der Waals surface area contributed by atoms with Crippen LogP contribution < -0.4 is 4.90 Å². The number of halogens is 1. The molecular weight excluding hydrogens is 314 g/mol. The van der Waals surface area contributed by atoms with Crippen molar-refractivity contribution >= 4 is 27.5 Å². The number of para-hydroxylation sites is 1. The maximum Gasteiger partial charge on any atom is 0.234 e. The monoisotopic (exact) mass is 331 g/mol. The van der Waals surface area contributed by atoms with Crippen molar-refractivity contribution in [2.24, 2.45) is 0 Å². The molecule has 0 aromatic heterocycles. The second kappa shape index (κ2) is 6.23. The number of nitrogens with zero attached hydrogens (tertiary/aromatic N) is 1.